The van der Waals surface area contributed by atoms with Crippen molar-refractivity contribution in [1.82, 2.24) is 4.31 Å². The number of sulfonamides is 1. The minimum Gasteiger partial charge on any atom is -0.373 e. The Hall–Kier alpha value is -0.200. The molecule has 1 heterocycles. The molecular formula is C7H14FNO3S. The third-order valence-corrected chi connectivity index (χ3v) is 3.88. The summed E-state index contributed by atoms with van der Waals surface area (Å²) in [4.78, 5) is 0. The van der Waals surface area contributed by atoms with E-state index in [1.54, 1.807) is 6.92 Å². The highest BCUT2D eigenvalue weighted by Gasteiger charge is 2.27. The first-order valence-electron chi connectivity index (χ1n) is 4.25. The molecule has 1 rings (SSSR count). The Bertz CT molecular complexity index is 254. The van der Waals surface area contributed by atoms with Gasteiger partial charge in [-0.1, -0.05) is 0 Å². The highest BCUT2D eigenvalue weighted by atomic mass is 32.2. The van der Waals surface area contributed by atoms with Crippen molar-refractivity contribution in [3.63, 3.8) is 0 Å². The topological polar surface area (TPSA) is 46.6 Å². The van der Waals surface area contributed by atoms with Crippen molar-refractivity contribution in [3.05, 3.63) is 0 Å². The molecule has 0 amide bonds. The van der Waals surface area contributed by atoms with Crippen LogP contribution in [0.1, 0.15) is 6.92 Å². The fourth-order valence-corrected chi connectivity index (χ4v) is 2.33. The quantitative estimate of drug-likeness (QED) is 0.660. The predicted octanol–water partition coefficient (Wildman–Crippen LogP) is 0.00640. The van der Waals surface area contributed by atoms with Crippen molar-refractivity contribution in [2.24, 2.45) is 0 Å². The van der Waals surface area contributed by atoms with Gasteiger partial charge in [0.25, 0.3) is 0 Å². The zero-order chi connectivity index (χ0) is 9.90. The maximum atomic E-state index is 12.2. The van der Waals surface area contributed by atoms with Crippen LogP contribution in [0.5, 0.6) is 0 Å². The van der Waals surface area contributed by atoms with E-state index in [4.69, 9.17) is 4.74 Å². The second-order valence-electron chi connectivity index (χ2n) is 2.91. The zero-order valence-electron chi connectivity index (χ0n) is 7.57. The smallest absolute Gasteiger partial charge is 0.213 e. The minimum absolute atomic E-state index is 0.0615. The molecule has 0 aromatic carbocycles. The monoisotopic (exact) mass is 211 g/mol. The third-order valence-electron chi connectivity index (χ3n) is 2.03. The van der Waals surface area contributed by atoms with E-state index in [9.17, 15) is 12.8 Å². The Morgan fingerprint density at radius 3 is 2.85 bits per heavy atom. The van der Waals surface area contributed by atoms with Crippen molar-refractivity contribution >= 4 is 10.0 Å². The average Bonchev–Trinajstić information content (AvgIpc) is 2.18. The fraction of sp³-hybridized carbons (Fsp3) is 1.00. The summed E-state index contributed by atoms with van der Waals surface area (Å²) in [5.41, 5.74) is 0. The molecule has 1 unspecified atom stereocenters. The van der Waals surface area contributed by atoms with Crippen LogP contribution in [-0.2, 0) is 14.8 Å². The molecule has 4 nitrogen and oxygen atoms in total. The maximum Gasteiger partial charge on any atom is 0.213 e. The number of hydrogen-bond acceptors (Lipinski definition) is 3. The van der Waals surface area contributed by atoms with Gasteiger partial charge in [0.05, 0.1) is 18.5 Å². The highest BCUT2D eigenvalue weighted by Crippen LogP contribution is 2.10. The van der Waals surface area contributed by atoms with Gasteiger partial charge < -0.3 is 4.74 Å². The molecule has 1 saturated heterocycles. The van der Waals surface area contributed by atoms with Gasteiger partial charge in [-0.05, 0) is 6.92 Å². The van der Waals surface area contributed by atoms with Crippen LogP contribution in [0, 0.1) is 0 Å². The highest BCUT2D eigenvalue weighted by molar-refractivity contribution is 7.89. The van der Waals surface area contributed by atoms with Gasteiger partial charge in [-0.2, -0.15) is 4.31 Å². The standard InChI is InChI=1S/C7H14FNO3S/c1-2-13(10,11)9-3-4-12-7(5-8)6-9/h7H,2-6H2,1H3. The first-order valence-corrected chi connectivity index (χ1v) is 5.86. The summed E-state index contributed by atoms with van der Waals surface area (Å²) >= 11 is 0. The van der Waals surface area contributed by atoms with Crippen molar-refractivity contribution < 1.29 is 17.5 Å². The molecule has 1 aliphatic heterocycles. The molecule has 0 radical (unpaired) electrons. The van der Waals surface area contributed by atoms with E-state index in [0.29, 0.717) is 6.54 Å². The number of halogens is 1. The van der Waals surface area contributed by atoms with Crippen LogP contribution in [0.15, 0.2) is 0 Å². The van der Waals surface area contributed by atoms with E-state index in [1.807, 2.05) is 0 Å². The van der Waals surface area contributed by atoms with Gasteiger partial charge in [-0.25, -0.2) is 12.8 Å². The van der Waals surface area contributed by atoms with Crippen LogP contribution in [0.2, 0.25) is 0 Å². The molecule has 1 aliphatic rings. The van der Waals surface area contributed by atoms with E-state index in [2.05, 4.69) is 0 Å². The molecule has 0 N–H and O–H groups in total. The Balaban J connectivity index is 2.61. The number of morpholine rings is 1. The first kappa shape index (κ1) is 10.9. The third kappa shape index (κ3) is 2.62. The van der Waals surface area contributed by atoms with Crippen molar-refractivity contribution in [1.29, 1.82) is 0 Å². The molecule has 13 heavy (non-hydrogen) atoms. The van der Waals surface area contributed by atoms with Gasteiger partial charge in [-0.3, -0.25) is 0 Å². The molecule has 0 aliphatic carbocycles. The van der Waals surface area contributed by atoms with Gasteiger partial charge in [0.2, 0.25) is 10.0 Å². The van der Waals surface area contributed by atoms with Gasteiger partial charge in [0.1, 0.15) is 6.67 Å². The van der Waals surface area contributed by atoms with E-state index in [1.165, 1.54) is 4.31 Å². The molecule has 1 atom stereocenters. The molecule has 1 fully saturated rings. The molecule has 0 spiro atoms. The number of rotatable bonds is 3. The lowest BCUT2D eigenvalue weighted by Crippen LogP contribution is -2.46. The molecule has 0 aromatic rings. The SMILES string of the molecule is CCS(=O)(=O)N1CCOC(CF)C1. The Morgan fingerprint density at radius 2 is 2.31 bits per heavy atom. The Labute approximate surface area is 77.7 Å². The normalized spacial score (nSPS) is 26.2. The lowest BCUT2D eigenvalue weighted by Gasteiger charge is -2.30. The van der Waals surface area contributed by atoms with Crippen molar-refractivity contribution in [2.75, 3.05) is 32.1 Å². The number of alkyl halides is 1. The number of nitrogens with zero attached hydrogens (tertiary/aromatic N) is 1. The van der Waals surface area contributed by atoms with E-state index in [-0.39, 0.29) is 18.9 Å². The summed E-state index contributed by atoms with van der Waals surface area (Å²) in [6, 6.07) is 0. The van der Waals surface area contributed by atoms with Gasteiger partial charge in [0, 0.05) is 13.1 Å². The lowest BCUT2D eigenvalue weighted by molar-refractivity contribution is -0.0135. The number of ether oxygens (including phenoxy) is 1. The molecule has 78 valence electrons. The largest absolute Gasteiger partial charge is 0.373 e. The van der Waals surface area contributed by atoms with Crippen molar-refractivity contribution in [3.8, 4) is 0 Å². The molecule has 0 aromatic heterocycles. The van der Waals surface area contributed by atoms with E-state index in [0.717, 1.165) is 0 Å². The Kier molecular flexibility index (Phi) is 3.63. The summed E-state index contributed by atoms with van der Waals surface area (Å²) in [7, 11) is -3.18. The minimum atomic E-state index is -3.18. The molecule has 6 heteroatoms. The molecule has 0 bridgehead atoms. The second kappa shape index (κ2) is 4.34. The zero-order valence-corrected chi connectivity index (χ0v) is 8.39. The summed E-state index contributed by atoms with van der Waals surface area (Å²) in [5, 5.41) is 0. The van der Waals surface area contributed by atoms with Crippen LogP contribution in [0.3, 0.4) is 0 Å². The van der Waals surface area contributed by atoms with Crippen LogP contribution >= 0.6 is 0 Å². The molecular weight excluding hydrogens is 197 g/mol. The Morgan fingerprint density at radius 1 is 1.62 bits per heavy atom. The van der Waals surface area contributed by atoms with Gasteiger partial charge >= 0.3 is 0 Å². The summed E-state index contributed by atoms with van der Waals surface area (Å²) in [5.74, 6) is 0.0615. The summed E-state index contributed by atoms with van der Waals surface area (Å²) in [6.45, 7) is 1.72. The summed E-state index contributed by atoms with van der Waals surface area (Å²) < 4.78 is 41.2. The van der Waals surface area contributed by atoms with Gasteiger partial charge in [0.15, 0.2) is 0 Å². The second-order valence-corrected chi connectivity index (χ2v) is 5.16. The lowest BCUT2D eigenvalue weighted by atomic mass is 10.3. The summed E-state index contributed by atoms with van der Waals surface area (Å²) in [6.07, 6.45) is -0.588. The molecule has 0 saturated carbocycles. The van der Waals surface area contributed by atoms with Crippen LogP contribution in [-0.4, -0.2) is 51.0 Å². The van der Waals surface area contributed by atoms with Crippen LogP contribution < -0.4 is 0 Å². The fourth-order valence-electron chi connectivity index (χ4n) is 1.22. The van der Waals surface area contributed by atoms with Crippen LogP contribution in [0.4, 0.5) is 4.39 Å². The van der Waals surface area contributed by atoms with Crippen LogP contribution in [0.25, 0.3) is 0 Å². The van der Waals surface area contributed by atoms with Gasteiger partial charge in [-0.15, -0.1) is 0 Å². The van der Waals surface area contributed by atoms with Crippen molar-refractivity contribution in [2.45, 2.75) is 13.0 Å². The average molecular weight is 211 g/mol. The van der Waals surface area contributed by atoms with E-state index < -0.39 is 22.8 Å². The first-order chi connectivity index (χ1) is 6.10. The predicted molar refractivity (Wildman–Crippen MR) is 46.7 cm³/mol. The number of hydrogen-bond donors (Lipinski definition) is 0. The maximum absolute atomic E-state index is 12.2. The van der Waals surface area contributed by atoms with E-state index >= 15 is 0 Å².